The largest absolute Gasteiger partial charge is 0.391 e. The van der Waals surface area contributed by atoms with Gasteiger partial charge < -0.3 is 10.8 Å². The molecule has 0 saturated heterocycles. The Hall–Kier alpha value is -1.46. The van der Waals surface area contributed by atoms with Crippen molar-refractivity contribution in [2.75, 3.05) is 6.54 Å². The Kier molecular flexibility index (Phi) is 3.55. The molecule has 14 heavy (non-hydrogen) atoms. The summed E-state index contributed by atoms with van der Waals surface area (Å²) in [5.74, 6) is 0. The topological polar surface area (TPSA) is 89.4 Å². The van der Waals surface area contributed by atoms with E-state index in [2.05, 4.69) is 0 Å². The highest BCUT2D eigenvalue weighted by Crippen LogP contribution is 2.14. The van der Waals surface area contributed by atoms with Crippen molar-refractivity contribution >= 4 is 5.69 Å². The average molecular weight is 196 g/mol. The summed E-state index contributed by atoms with van der Waals surface area (Å²) in [5.41, 5.74) is 5.99. The second kappa shape index (κ2) is 4.69. The van der Waals surface area contributed by atoms with Crippen LogP contribution in [0.4, 0.5) is 5.69 Å². The molecule has 0 saturated carbocycles. The number of hydrogen-bond acceptors (Lipinski definition) is 4. The smallest absolute Gasteiger partial charge is 0.269 e. The fourth-order valence-electron chi connectivity index (χ4n) is 1.15. The van der Waals surface area contributed by atoms with Crippen LogP contribution in [-0.4, -0.2) is 22.7 Å². The number of non-ortho nitro benzene ring substituents is 1. The summed E-state index contributed by atoms with van der Waals surface area (Å²) in [4.78, 5) is 9.97. The first kappa shape index (κ1) is 10.6. The standard InChI is InChI=1S/C9H12N2O3/c10-6-9(12)5-7-2-1-3-8(4-7)11(13)14/h1-4,9,12H,5-6,10H2. The van der Waals surface area contributed by atoms with E-state index in [0.717, 1.165) is 5.56 Å². The lowest BCUT2D eigenvalue weighted by atomic mass is 10.1. The summed E-state index contributed by atoms with van der Waals surface area (Å²) in [6.45, 7) is 0.155. The van der Waals surface area contributed by atoms with E-state index in [1.54, 1.807) is 12.1 Å². The highest BCUT2D eigenvalue weighted by molar-refractivity contribution is 5.34. The molecule has 0 fully saturated rings. The Balaban J connectivity index is 2.78. The Labute approximate surface area is 81.3 Å². The van der Waals surface area contributed by atoms with E-state index in [9.17, 15) is 15.2 Å². The quantitative estimate of drug-likeness (QED) is 0.540. The maximum atomic E-state index is 10.4. The highest BCUT2D eigenvalue weighted by Gasteiger charge is 2.08. The molecule has 3 N–H and O–H groups in total. The van der Waals surface area contributed by atoms with Crippen LogP contribution in [0.15, 0.2) is 24.3 Å². The van der Waals surface area contributed by atoms with Crippen LogP contribution in [0.1, 0.15) is 5.56 Å². The Bertz CT molecular complexity index is 328. The summed E-state index contributed by atoms with van der Waals surface area (Å²) in [6.07, 6.45) is -0.296. The van der Waals surface area contributed by atoms with Crippen molar-refractivity contribution in [2.24, 2.45) is 5.73 Å². The minimum Gasteiger partial charge on any atom is -0.391 e. The van der Waals surface area contributed by atoms with Gasteiger partial charge in [0.25, 0.3) is 5.69 Å². The predicted octanol–water partition coefficient (Wildman–Crippen LogP) is 0.457. The van der Waals surface area contributed by atoms with Gasteiger partial charge in [0.15, 0.2) is 0 Å². The number of nitrogens with two attached hydrogens (primary N) is 1. The van der Waals surface area contributed by atoms with Crippen LogP contribution in [0.2, 0.25) is 0 Å². The van der Waals surface area contributed by atoms with Crippen LogP contribution >= 0.6 is 0 Å². The van der Waals surface area contributed by atoms with Crippen LogP contribution in [0.5, 0.6) is 0 Å². The number of nitro benzene ring substituents is 1. The molecule has 1 unspecified atom stereocenters. The Morgan fingerprint density at radius 2 is 2.29 bits per heavy atom. The summed E-state index contributed by atoms with van der Waals surface area (Å²) < 4.78 is 0. The normalized spacial score (nSPS) is 12.4. The lowest BCUT2D eigenvalue weighted by Crippen LogP contribution is -2.21. The molecular weight excluding hydrogens is 184 g/mol. The first-order chi connectivity index (χ1) is 6.63. The molecule has 0 aliphatic carbocycles. The van der Waals surface area contributed by atoms with E-state index in [1.807, 2.05) is 0 Å². The minimum atomic E-state index is -0.642. The maximum absolute atomic E-state index is 10.4. The van der Waals surface area contributed by atoms with Crippen molar-refractivity contribution in [3.8, 4) is 0 Å². The van der Waals surface area contributed by atoms with E-state index in [0.29, 0.717) is 6.42 Å². The lowest BCUT2D eigenvalue weighted by Gasteiger charge is -2.06. The number of aliphatic hydroxyl groups excluding tert-OH is 1. The van der Waals surface area contributed by atoms with Crippen LogP contribution < -0.4 is 5.73 Å². The van der Waals surface area contributed by atoms with E-state index < -0.39 is 11.0 Å². The summed E-state index contributed by atoms with van der Waals surface area (Å²) in [7, 11) is 0. The molecule has 1 aromatic rings. The third kappa shape index (κ3) is 2.79. The first-order valence-corrected chi connectivity index (χ1v) is 4.25. The van der Waals surface area contributed by atoms with Crippen molar-refractivity contribution < 1.29 is 10.0 Å². The second-order valence-corrected chi connectivity index (χ2v) is 3.02. The van der Waals surface area contributed by atoms with Crippen molar-refractivity contribution in [3.05, 3.63) is 39.9 Å². The van der Waals surface area contributed by atoms with Gasteiger partial charge >= 0.3 is 0 Å². The molecule has 5 nitrogen and oxygen atoms in total. The molecule has 0 heterocycles. The van der Waals surface area contributed by atoms with Crippen molar-refractivity contribution in [1.82, 2.24) is 0 Å². The molecule has 0 bridgehead atoms. The maximum Gasteiger partial charge on any atom is 0.269 e. The number of nitrogens with zero attached hydrogens (tertiary/aromatic N) is 1. The molecule has 0 aliphatic heterocycles. The molecule has 5 heteroatoms. The van der Waals surface area contributed by atoms with Gasteiger partial charge in [-0.05, 0) is 12.0 Å². The summed E-state index contributed by atoms with van der Waals surface area (Å²) >= 11 is 0. The van der Waals surface area contributed by atoms with E-state index >= 15 is 0 Å². The zero-order valence-electron chi connectivity index (χ0n) is 7.59. The molecule has 1 rings (SSSR count). The van der Waals surface area contributed by atoms with Crippen LogP contribution in [0, 0.1) is 10.1 Å². The van der Waals surface area contributed by atoms with Gasteiger partial charge in [0, 0.05) is 18.7 Å². The lowest BCUT2D eigenvalue weighted by molar-refractivity contribution is -0.384. The van der Waals surface area contributed by atoms with Gasteiger partial charge in [-0.25, -0.2) is 0 Å². The second-order valence-electron chi connectivity index (χ2n) is 3.02. The Morgan fingerprint density at radius 1 is 1.57 bits per heavy atom. The molecule has 1 atom stereocenters. The number of nitro groups is 1. The summed E-state index contributed by atoms with van der Waals surface area (Å²) in [5, 5.41) is 19.7. The van der Waals surface area contributed by atoms with E-state index in [-0.39, 0.29) is 12.2 Å². The molecule has 76 valence electrons. The first-order valence-electron chi connectivity index (χ1n) is 4.25. The van der Waals surface area contributed by atoms with Gasteiger partial charge in [-0.15, -0.1) is 0 Å². The van der Waals surface area contributed by atoms with Gasteiger partial charge in [0.1, 0.15) is 0 Å². The zero-order chi connectivity index (χ0) is 10.6. The SMILES string of the molecule is NCC(O)Cc1cccc([N+](=O)[O-])c1. The fourth-order valence-corrected chi connectivity index (χ4v) is 1.15. The molecular formula is C9H12N2O3. The molecule has 0 amide bonds. The van der Waals surface area contributed by atoms with Gasteiger partial charge in [0.2, 0.25) is 0 Å². The Morgan fingerprint density at radius 3 is 2.86 bits per heavy atom. The third-order valence-corrected chi connectivity index (χ3v) is 1.86. The van der Waals surface area contributed by atoms with Crippen LogP contribution in [0.25, 0.3) is 0 Å². The van der Waals surface area contributed by atoms with Gasteiger partial charge in [-0.3, -0.25) is 10.1 Å². The molecule has 1 aromatic carbocycles. The van der Waals surface area contributed by atoms with Crippen molar-refractivity contribution in [1.29, 1.82) is 0 Å². The predicted molar refractivity (Wildman–Crippen MR) is 51.9 cm³/mol. The number of rotatable bonds is 4. The average Bonchev–Trinajstić information content (AvgIpc) is 2.18. The molecule has 0 spiro atoms. The molecule has 0 aliphatic rings. The zero-order valence-corrected chi connectivity index (χ0v) is 7.59. The van der Waals surface area contributed by atoms with Gasteiger partial charge in [-0.1, -0.05) is 12.1 Å². The van der Waals surface area contributed by atoms with E-state index in [1.165, 1.54) is 12.1 Å². The molecule has 0 aromatic heterocycles. The van der Waals surface area contributed by atoms with Crippen LogP contribution in [0.3, 0.4) is 0 Å². The van der Waals surface area contributed by atoms with Gasteiger partial charge in [0.05, 0.1) is 11.0 Å². The number of aliphatic hydroxyl groups is 1. The van der Waals surface area contributed by atoms with Crippen LogP contribution in [-0.2, 0) is 6.42 Å². The third-order valence-electron chi connectivity index (χ3n) is 1.86. The minimum absolute atomic E-state index is 0.0340. The number of hydrogen-bond donors (Lipinski definition) is 2. The van der Waals surface area contributed by atoms with E-state index in [4.69, 9.17) is 5.73 Å². The van der Waals surface area contributed by atoms with Crippen molar-refractivity contribution in [2.45, 2.75) is 12.5 Å². The number of benzene rings is 1. The van der Waals surface area contributed by atoms with Gasteiger partial charge in [-0.2, -0.15) is 0 Å². The molecule has 0 radical (unpaired) electrons. The fraction of sp³-hybridized carbons (Fsp3) is 0.333. The monoisotopic (exact) mass is 196 g/mol. The highest BCUT2D eigenvalue weighted by atomic mass is 16.6. The van der Waals surface area contributed by atoms with Crippen molar-refractivity contribution in [3.63, 3.8) is 0 Å². The summed E-state index contributed by atoms with van der Waals surface area (Å²) in [6, 6.07) is 6.18.